The van der Waals surface area contributed by atoms with Gasteiger partial charge in [0.25, 0.3) is 5.91 Å². The number of anilines is 1. The lowest BCUT2D eigenvalue weighted by Crippen LogP contribution is -2.51. The average Bonchev–Trinajstić information content (AvgIpc) is 3.04. The van der Waals surface area contributed by atoms with E-state index >= 15 is 0 Å². The first-order valence-electron chi connectivity index (χ1n) is 8.63. The van der Waals surface area contributed by atoms with Gasteiger partial charge >= 0.3 is 18.0 Å². The fourth-order valence-corrected chi connectivity index (χ4v) is 4.04. The Kier molecular flexibility index (Phi) is 4.16. The molecule has 2 aromatic carbocycles. The minimum atomic E-state index is -4.89. The summed E-state index contributed by atoms with van der Waals surface area (Å²) in [5.74, 6) is -10.4. The molecule has 11 heteroatoms. The predicted octanol–water partition coefficient (Wildman–Crippen LogP) is 4.19. The van der Waals surface area contributed by atoms with Crippen molar-refractivity contribution in [3.05, 3.63) is 59.2 Å². The van der Waals surface area contributed by atoms with Crippen LogP contribution >= 0.6 is 0 Å². The maximum Gasteiger partial charge on any atom is 0.418 e. The molecule has 2 aliphatic rings. The summed E-state index contributed by atoms with van der Waals surface area (Å²) in [6, 6.07) is 7.19. The number of fused-ring (bicyclic) bond motifs is 1. The lowest BCUT2D eigenvalue weighted by atomic mass is 9.81. The molecule has 0 aromatic heterocycles. The third kappa shape index (κ3) is 2.68. The normalized spacial score (nSPS) is 25.2. The molecule has 160 valence electrons. The molecule has 30 heavy (non-hydrogen) atoms. The van der Waals surface area contributed by atoms with Crippen LogP contribution in [-0.2, 0) is 16.5 Å². The number of phenolic OH excluding ortho intramolecular Hbond substituents is 1. The Hall–Kier alpha value is -2.82. The molecule has 2 aromatic rings. The molecular formula is C19H13F7N2O2. The number of phenols is 1. The van der Waals surface area contributed by atoms with E-state index in [1.807, 2.05) is 0 Å². The van der Waals surface area contributed by atoms with Crippen LogP contribution in [-0.4, -0.2) is 40.8 Å². The minimum Gasteiger partial charge on any atom is -0.508 e. The predicted molar refractivity (Wildman–Crippen MR) is 90.4 cm³/mol. The SMILES string of the molecule is O=C1Nc2c(C(F)(F)F)cccc2C1(c1ccc(O)cc1)N1CC(F)(F)C(F)(F)C1. The van der Waals surface area contributed by atoms with Crippen LogP contribution in [0.1, 0.15) is 16.7 Å². The summed E-state index contributed by atoms with van der Waals surface area (Å²) in [5, 5.41) is 11.6. The lowest BCUT2D eigenvalue weighted by molar-refractivity contribution is -0.172. The van der Waals surface area contributed by atoms with Crippen molar-refractivity contribution in [3.63, 3.8) is 0 Å². The Morgan fingerprint density at radius 1 is 0.933 bits per heavy atom. The molecule has 4 rings (SSSR count). The van der Waals surface area contributed by atoms with Gasteiger partial charge in [-0.05, 0) is 23.8 Å². The number of nitrogens with zero attached hydrogens (tertiary/aromatic N) is 1. The minimum absolute atomic E-state index is 0.135. The Labute approximate surface area is 164 Å². The summed E-state index contributed by atoms with van der Waals surface area (Å²) < 4.78 is 96.4. The molecule has 2 N–H and O–H groups in total. The fourth-order valence-electron chi connectivity index (χ4n) is 4.04. The summed E-state index contributed by atoms with van der Waals surface area (Å²) in [7, 11) is 0. The summed E-state index contributed by atoms with van der Waals surface area (Å²) in [4.78, 5) is 13.5. The zero-order valence-corrected chi connectivity index (χ0v) is 14.9. The quantitative estimate of drug-likeness (QED) is 0.697. The summed E-state index contributed by atoms with van der Waals surface area (Å²) >= 11 is 0. The molecule has 0 saturated carbocycles. The number of carbonyl (C=O) groups is 1. The Morgan fingerprint density at radius 2 is 1.50 bits per heavy atom. The number of rotatable bonds is 2. The van der Waals surface area contributed by atoms with Crippen molar-refractivity contribution in [1.29, 1.82) is 0 Å². The summed E-state index contributed by atoms with van der Waals surface area (Å²) in [6.07, 6.45) is -4.89. The van der Waals surface area contributed by atoms with Crippen molar-refractivity contribution in [2.75, 3.05) is 18.4 Å². The molecule has 1 atom stereocenters. The first-order valence-corrected chi connectivity index (χ1v) is 8.63. The lowest BCUT2D eigenvalue weighted by Gasteiger charge is -2.37. The van der Waals surface area contributed by atoms with Crippen LogP contribution in [0.5, 0.6) is 5.75 Å². The smallest absolute Gasteiger partial charge is 0.418 e. The average molecular weight is 434 g/mol. The van der Waals surface area contributed by atoms with Crippen molar-refractivity contribution >= 4 is 11.6 Å². The van der Waals surface area contributed by atoms with E-state index in [2.05, 4.69) is 5.32 Å². The highest BCUT2D eigenvalue weighted by atomic mass is 19.4. The highest BCUT2D eigenvalue weighted by Gasteiger charge is 2.69. The first-order chi connectivity index (χ1) is 13.8. The molecule has 0 bridgehead atoms. The van der Waals surface area contributed by atoms with Crippen LogP contribution in [0, 0.1) is 0 Å². The van der Waals surface area contributed by atoms with Gasteiger partial charge in [0.15, 0.2) is 5.54 Å². The van der Waals surface area contributed by atoms with Crippen molar-refractivity contribution in [2.24, 2.45) is 0 Å². The van der Waals surface area contributed by atoms with Crippen molar-refractivity contribution in [1.82, 2.24) is 4.90 Å². The number of aromatic hydroxyl groups is 1. The van der Waals surface area contributed by atoms with E-state index in [-0.39, 0.29) is 16.9 Å². The number of para-hydroxylation sites is 1. The maximum atomic E-state index is 14.0. The second-order valence-corrected chi connectivity index (χ2v) is 7.20. The van der Waals surface area contributed by atoms with E-state index in [0.717, 1.165) is 36.4 Å². The van der Waals surface area contributed by atoms with Gasteiger partial charge in [0, 0.05) is 5.56 Å². The zero-order chi connectivity index (χ0) is 22.1. The van der Waals surface area contributed by atoms with Crippen LogP contribution in [0.4, 0.5) is 36.4 Å². The second-order valence-electron chi connectivity index (χ2n) is 7.20. The number of nitrogens with one attached hydrogen (secondary N) is 1. The maximum absolute atomic E-state index is 14.0. The molecule has 4 nitrogen and oxygen atoms in total. The van der Waals surface area contributed by atoms with Gasteiger partial charge in [0.05, 0.1) is 24.3 Å². The van der Waals surface area contributed by atoms with Crippen molar-refractivity contribution in [2.45, 2.75) is 23.6 Å². The van der Waals surface area contributed by atoms with Gasteiger partial charge in [-0.25, -0.2) is 0 Å². The summed E-state index contributed by atoms with van der Waals surface area (Å²) in [5.41, 5.74) is -4.78. The molecular weight excluding hydrogens is 421 g/mol. The number of hydrogen-bond donors (Lipinski definition) is 2. The van der Waals surface area contributed by atoms with Crippen LogP contribution in [0.25, 0.3) is 0 Å². The monoisotopic (exact) mass is 434 g/mol. The number of hydrogen-bond acceptors (Lipinski definition) is 3. The molecule has 1 saturated heterocycles. The van der Waals surface area contributed by atoms with E-state index in [1.165, 1.54) is 0 Å². The van der Waals surface area contributed by atoms with Crippen LogP contribution in [0.3, 0.4) is 0 Å². The van der Waals surface area contributed by atoms with Gasteiger partial charge < -0.3 is 10.4 Å². The fraction of sp³-hybridized carbons (Fsp3) is 0.316. The molecule has 1 fully saturated rings. The zero-order valence-electron chi connectivity index (χ0n) is 14.9. The Balaban J connectivity index is 2.01. The van der Waals surface area contributed by atoms with E-state index < -0.39 is 53.8 Å². The molecule has 2 aliphatic heterocycles. The largest absolute Gasteiger partial charge is 0.508 e. The number of carbonyl (C=O) groups excluding carboxylic acids is 1. The highest BCUT2D eigenvalue weighted by molar-refractivity contribution is 6.09. The van der Waals surface area contributed by atoms with E-state index in [4.69, 9.17) is 0 Å². The molecule has 1 unspecified atom stereocenters. The van der Waals surface area contributed by atoms with E-state index in [0.29, 0.717) is 11.0 Å². The van der Waals surface area contributed by atoms with Crippen molar-refractivity contribution in [3.8, 4) is 5.75 Å². The first kappa shape index (κ1) is 20.5. The van der Waals surface area contributed by atoms with Gasteiger partial charge in [0.1, 0.15) is 5.75 Å². The second kappa shape index (κ2) is 6.10. The topological polar surface area (TPSA) is 52.6 Å². The molecule has 2 heterocycles. The molecule has 0 radical (unpaired) electrons. The third-order valence-electron chi connectivity index (χ3n) is 5.40. The van der Waals surface area contributed by atoms with Gasteiger partial charge in [0.2, 0.25) is 0 Å². The number of amides is 1. The van der Waals surface area contributed by atoms with E-state index in [9.17, 15) is 40.6 Å². The van der Waals surface area contributed by atoms with Crippen LogP contribution < -0.4 is 5.32 Å². The number of halogens is 7. The number of likely N-dealkylation sites (tertiary alicyclic amines) is 1. The van der Waals surface area contributed by atoms with Crippen molar-refractivity contribution < 1.29 is 40.6 Å². The highest BCUT2D eigenvalue weighted by Crippen LogP contribution is 2.54. The third-order valence-corrected chi connectivity index (χ3v) is 5.40. The van der Waals surface area contributed by atoms with Gasteiger partial charge in [-0.2, -0.15) is 30.7 Å². The van der Waals surface area contributed by atoms with E-state index in [1.54, 1.807) is 0 Å². The van der Waals surface area contributed by atoms with Gasteiger partial charge in [-0.1, -0.05) is 24.3 Å². The van der Waals surface area contributed by atoms with Gasteiger partial charge in [-0.15, -0.1) is 0 Å². The number of benzene rings is 2. The molecule has 0 spiro atoms. The van der Waals surface area contributed by atoms with Crippen LogP contribution in [0.2, 0.25) is 0 Å². The molecule has 0 aliphatic carbocycles. The molecule has 1 amide bonds. The number of alkyl halides is 7. The van der Waals surface area contributed by atoms with Gasteiger partial charge in [-0.3, -0.25) is 9.69 Å². The van der Waals surface area contributed by atoms with Crippen LogP contribution in [0.15, 0.2) is 42.5 Å². The standard InChI is InChI=1S/C19H13F7N2O2/c20-16(21)8-28(9-17(16,22)23)18(10-4-6-11(29)7-5-10)12-2-1-3-13(19(24,25)26)14(12)27-15(18)30/h1-7,29H,8-9H2,(H,27,30). The Bertz CT molecular complexity index is 1000. The Morgan fingerprint density at radius 3 is 2.03 bits per heavy atom. The summed E-state index contributed by atoms with van der Waals surface area (Å²) in [6.45, 7) is -3.10.